The van der Waals surface area contributed by atoms with E-state index in [1.54, 1.807) is 0 Å². The highest BCUT2D eigenvalue weighted by Crippen LogP contribution is 2.28. The lowest BCUT2D eigenvalue weighted by Crippen LogP contribution is -2.33. The number of nitrogens with one attached hydrogen (secondary N) is 1. The van der Waals surface area contributed by atoms with E-state index < -0.39 is 0 Å². The van der Waals surface area contributed by atoms with Crippen LogP contribution in [0.4, 0.5) is 5.82 Å². The largest absolute Gasteiger partial charge is 0.370 e. The average Bonchev–Trinajstić information content (AvgIpc) is 3.41. The standard InChI is InChI=1S/C31H44N6/c1-5-10-25(11-6-2)23-37-21-16-29-28(24-37)31(32-17-9-20-36-18-7-8-19-36)34-30(33-29)27-14-12-26(13-15-27)22-35(3)4/h5-6,10-15H,1,7-9,16-24H2,2-4H3,(H,32,33,34)/b11-6-,25-10+. The number of fused-ring (bicyclic) bond motifs is 1. The number of hydrogen-bond acceptors (Lipinski definition) is 6. The Hall–Kier alpha value is -2.80. The van der Waals surface area contributed by atoms with Gasteiger partial charge in [0, 0.05) is 50.3 Å². The van der Waals surface area contributed by atoms with Crippen LogP contribution in [0.2, 0.25) is 0 Å². The predicted molar refractivity (Wildman–Crippen MR) is 156 cm³/mol. The molecule has 1 saturated heterocycles. The summed E-state index contributed by atoms with van der Waals surface area (Å²) in [4.78, 5) is 17.4. The molecule has 1 fully saturated rings. The number of nitrogens with zero attached hydrogens (tertiary/aromatic N) is 5. The van der Waals surface area contributed by atoms with E-state index in [9.17, 15) is 0 Å². The topological polar surface area (TPSA) is 47.5 Å². The molecule has 37 heavy (non-hydrogen) atoms. The van der Waals surface area contributed by atoms with Crippen LogP contribution in [0.15, 0.2) is 60.7 Å². The highest BCUT2D eigenvalue weighted by molar-refractivity contribution is 5.60. The third kappa shape index (κ3) is 7.84. The third-order valence-corrected chi connectivity index (χ3v) is 7.11. The molecule has 2 aliphatic heterocycles. The first-order chi connectivity index (χ1) is 18.1. The van der Waals surface area contributed by atoms with Crippen molar-refractivity contribution in [2.24, 2.45) is 0 Å². The maximum absolute atomic E-state index is 5.08. The van der Waals surface area contributed by atoms with Gasteiger partial charge in [0.25, 0.3) is 0 Å². The molecule has 0 atom stereocenters. The molecular formula is C31H44N6. The lowest BCUT2D eigenvalue weighted by Gasteiger charge is -2.30. The molecule has 1 aromatic heterocycles. The van der Waals surface area contributed by atoms with Crippen molar-refractivity contribution in [3.05, 3.63) is 77.5 Å². The van der Waals surface area contributed by atoms with Crippen LogP contribution in [0.5, 0.6) is 0 Å². The first kappa shape index (κ1) is 27.2. The maximum atomic E-state index is 5.08. The molecule has 2 aromatic rings. The fraction of sp³-hybridized carbons (Fsp3) is 0.484. The summed E-state index contributed by atoms with van der Waals surface area (Å²) in [5.41, 5.74) is 6.08. The van der Waals surface area contributed by atoms with Gasteiger partial charge < -0.3 is 15.1 Å². The van der Waals surface area contributed by atoms with E-state index >= 15 is 0 Å². The summed E-state index contributed by atoms with van der Waals surface area (Å²) in [6.45, 7) is 14.2. The van der Waals surface area contributed by atoms with E-state index in [1.807, 2.05) is 6.08 Å². The smallest absolute Gasteiger partial charge is 0.161 e. The number of hydrogen-bond donors (Lipinski definition) is 1. The molecule has 0 amide bonds. The Morgan fingerprint density at radius 2 is 1.86 bits per heavy atom. The van der Waals surface area contributed by atoms with Crippen LogP contribution in [0, 0.1) is 0 Å². The van der Waals surface area contributed by atoms with Crippen molar-refractivity contribution in [2.75, 3.05) is 58.7 Å². The second-order valence-electron chi connectivity index (χ2n) is 10.5. The van der Waals surface area contributed by atoms with E-state index in [-0.39, 0.29) is 0 Å². The molecule has 0 spiro atoms. The maximum Gasteiger partial charge on any atom is 0.161 e. The molecule has 0 aliphatic carbocycles. The monoisotopic (exact) mass is 500 g/mol. The highest BCUT2D eigenvalue weighted by Gasteiger charge is 2.23. The molecular weight excluding hydrogens is 456 g/mol. The minimum Gasteiger partial charge on any atom is -0.370 e. The van der Waals surface area contributed by atoms with Crippen LogP contribution in [0.25, 0.3) is 11.4 Å². The van der Waals surface area contributed by atoms with Gasteiger partial charge in [-0.15, -0.1) is 0 Å². The van der Waals surface area contributed by atoms with Gasteiger partial charge in [0.05, 0.1) is 5.69 Å². The Kier molecular flexibility index (Phi) is 10.1. The van der Waals surface area contributed by atoms with Crippen LogP contribution in [0.1, 0.15) is 43.0 Å². The van der Waals surface area contributed by atoms with Gasteiger partial charge in [0.1, 0.15) is 5.82 Å². The van der Waals surface area contributed by atoms with Crippen LogP contribution >= 0.6 is 0 Å². The molecule has 4 rings (SSSR count). The number of aromatic nitrogens is 2. The second kappa shape index (κ2) is 13.7. The van der Waals surface area contributed by atoms with Gasteiger partial charge in [-0.2, -0.15) is 0 Å². The molecule has 198 valence electrons. The number of benzene rings is 1. The zero-order chi connectivity index (χ0) is 26.0. The van der Waals surface area contributed by atoms with Gasteiger partial charge in [-0.1, -0.05) is 55.1 Å². The number of anilines is 1. The Morgan fingerprint density at radius 3 is 2.57 bits per heavy atom. The zero-order valence-corrected chi connectivity index (χ0v) is 23.0. The van der Waals surface area contributed by atoms with Gasteiger partial charge in [-0.05, 0) is 71.1 Å². The minimum atomic E-state index is 0.826. The van der Waals surface area contributed by atoms with E-state index in [0.29, 0.717) is 0 Å². The summed E-state index contributed by atoms with van der Waals surface area (Å²) < 4.78 is 0. The molecule has 6 nitrogen and oxygen atoms in total. The van der Waals surface area contributed by atoms with Crippen molar-refractivity contribution >= 4 is 5.82 Å². The molecule has 6 heteroatoms. The molecule has 0 unspecified atom stereocenters. The third-order valence-electron chi connectivity index (χ3n) is 7.11. The Labute approximate surface area is 223 Å². The van der Waals surface area contributed by atoms with Crippen molar-refractivity contribution in [3.63, 3.8) is 0 Å². The Balaban J connectivity index is 1.54. The lowest BCUT2D eigenvalue weighted by molar-refractivity contribution is 0.275. The summed E-state index contributed by atoms with van der Waals surface area (Å²) in [5.74, 6) is 1.83. The number of allylic oxidation sites excluding steroid dienone is 3. The molecule has 0 bridgehead atoms. The summed E-state index contributed by atoms with van der Waals surface area (Å²) >= 11 is 0. The summed E-state index contributed by atoms with van der Waals surface area (Å²) in [7, 11) is 4.19. The quantitative estimate of drug-likeness (QED) is 0.321. The molecule has 0 radical (unpaired) electrons. The zero-order valence-electron chi connectivity index (χ0n) is 23.0. The first-order valence-electron chi connectivity index (χ1n) is 13.8. The summed E-state index contributed by atoms with van der Waals surface area (Å²) in [6.07, 6.45) is 13.0. The molecule has 2 aliphatic rings. The number of likely N-dealkylation sites (tertiary alicyclic amines) is 1. The van der Waals surface area contributed by atoms with Crippen molar-refractivity contribution in [1.29, 1.82) is 0 Å². The molecule has 1 N–H and O–H groups in total. The molecule has 1 aromatic carbocycles. The van der Waals surface area contributed by atoms with Crippen LogP contribution in [0.3, 0.4) is 0 Å². The van der Waals surface area contributed by atoms with Crippen molar-refractivity contribution in [2.45, 2.75) is 45.7 Å². The fourth-order valence-electron chi connectivity index (χ4n) is 5.30. The molecule has 3 heterocycles. The predicted octanol–water partition coefficient (Wildman–Crippen LogP) is 5.15. The van der Waals surface area contributed by atoms with Crippen LogP contribution < -0.4 is 5.32 Å². The van der Waals surface area contributed by atoms with Gasteiger partial charge >= 0.3 is 0 Å². The fourth-order valence-corrected chi connectivity index (χ4v) is 5.30. The van der Waals surface area contributed by atoms with Gasteiger partial charge in [0.2, 0.25) is 0 Å². The van der Waals surface area contributed by atoms with Gasteiger partial charge in [0.15, 0.2) is 5.82 Å². The van der Waals surface area contributed by atoms with E-state index in [2.05, 4.69) is 90.1 Å². The Morgan fingerprint density at radius 1 is 1.08 bits per heavy atom. The first-order valence-corrected chi connectivity index (χ1v) is 13.8. The van der Waals surface area contributed by atoms with Crippen LogP contribution in [-0.2, 0) is 19.5 Å². The minimum absolute atomic E-state index is 0.826. The summed E-state index contributed by atoms with van der Waals surface area (Å²) in [5, 5.41) is 3.71. The summed E-state index contributed by atoms with van der Waals surface area (Å²) in [6, 6.07) is 8.71. The second-order valence-corrected chi connectivity index (χ2v) is 10.5. The van der Waals surface area contributed by atoms with Crippen molar-refractivity contribution in [3.8, 4) is 11.4 Å². The van der Waals surface area contributed by atoms with Crippen molar-refractivity contribution < 1.29 is 0 Å². The Bertz CT molecular complexity index is 1080. The van der Waals surface area contributed by atoms with Gasteiger partial charge in [-0.3, -0.25) is 4.90 Å². The lowest BCUT2D eigenvalue weighted by atomic mass is 10.0. The van der Waals surface area contributed by atoms with E-state index in [0.717, 1.165) is 69.3 Å². The average molecular weight is 501 g/mol. The number of rotatable bonds is 12. The normalized spacial score (nSPS) is 17.0. The van der Waals surface area contributed by atoms with Gasteiger partial charge in [-0.25, -0.2) is 9.97 Å². The van der Waals surface area contributed by atoms with E-state index in [4.69, 9.17) is 9.97 Å². The van der Waals surface area contributed by atoms with Crippen LogP contribution in [-0.4, -0.2) is 78.0 Å². The van der Waals surface area contributed by atoms with E-state index in [1.165, 1.54) is 48.3 Å². The van der Waals surface area contributed by atoms with Crippen molar-refractivity contribution in [1.82, 2.24) is 24.7 Å². The SMILES string of the molecule is C=C/C=C(\C=C/C)CN1CCc2nc(-c3ccc(CN(C)C)cc3)nc(NCCCN3CCCC3)c2C1. The molecule has 0 saturated carbocycles. The highest BCUT2D eigenvalue weighted by atomic mass is 15.2.